The standard InChI is InChI=1S/C13H13NO4/c1-2-17-10-5-3-4-9(6-10)13-14-8-11(18-13)7-12(15)16/h3-6,8H,2,7H2,1H3,(H,15,16). The fraction of sp³-hybridized carbons (Fsp3) is 0.231. The number of benzene rings is 1. The maximum atomic E-state index is 10.5. The Labute approximate surface area is 104 Å². The van der Waals surface area contributed by atoms with E-state index in [0.717, 1.165) is 11.3 Å². The van der Waals surface area contributed by atoms with Gasteiger partial charge in [-0.15, -0.1) is 0 Å². The summed E-state index contributed by atoms with van der Waals surface area (Å²) >= 11 is 0. The summed E-state index contributed by atoms with van der Waals surface area (Å²) in [5.74, 6) is 0.515. The number of rotatable bonds is 5. The van der Waals surface area contributed by atoms with Gasteiger partial charge in [-0.05, 0) is 25.1 Å². The van der Waals surface area contributed by atoms with Crippen LogP contribution in [0.1, 0.15) is 12.7 Å². The number of hydrogen-bond donors (Lipinski definition) is 1. The predicted octanol–water partition coefficient (Wildman–Crippen LogP) is 2.37. The van der Waals surface area contributed by atoms with E-state index in [-0.39, 0.29) is 6.42 Å². The normalized spacial score (nSPS) is 10.3. The first-order valence-corrected chi connectivity index (χ1v) is 5.58. The Kier molecular flexibility index (Phi) is 3.62. The van der Waals surface area contributed by atoms with Crippen LogP contribution in [0.3, 0.4) is 0 Å². The monoisotopic (exact) mass is 247 g/mol. The summed E-state index contributed by atoms with van der Waals surface area (Å²) in [6, 6.07) is 7.31. The predicted molar refractivity (Wildman–Crippen MR) is 64.4 cm³/mol. The minimum absolute atomic E-state index is 0.169. The van der Waals surface area contributed by atoms with Gasteiger partial charge in [-0.25, -0.2) is 4.98 Å². The number of carboxylic acids is 1. The molecule has 0 saturated heterocycles. The highest BCUT2D eigenvalue weighted by atomic mass is 16.5. The molecule has 1 N–H and O–H groups in total. The van der Waals surface area contributed by atoms with Gasteiger partial charge < -0.3 is 14.3 Å². The number of carboxylic acid groups (broad SMARTS) is 1. The second-order valence-corrected chi connectivity index (χ2v) is 3.66. The topological polar surface area (TPSA) is 72.6 Å². The molecule has 0 spiro atoms. The number of hydrogen-bond acceptors (Lipinski definition) is 4. The fourth-order valence-corrected chi connectivity index (χ4v) is 1.56. The van der Waals surface area contributed by atoms with Gasteiger partial charge >= 0.3 is 5.97 Å². The molecule has 0 saturated carbocycles. The first-order chi connectivity index (χ1) is 8.69. The van der Waals surface area contributed by atoms with Crippen LogP contribution < -0.4 is 4.74 Å². The lowest BCUT2D eigenvalue weighted by Gasteiger charge is -2.03. The highest BCUT2D eigenvalue weighted by Gasteiger charge is 2.10. The number of oxazole rings is 1. The van der Waals surface area contributed by atoms with Crippen molar-refractivity contribution in [1.82, 2.24) is 4.98 Å². The van der Waals surface area contributed by atoms with Crippen molar-refractivity contribution in [3.05, 3.63) is 36.2 Å². The van der Waals surface area contributed by atoms with E-state index in [1.54, 1.807) is 6.07 Å². The third-order valence-electron chi connectivity index (χ3n) is 2.27. The number of nitrogens with zero attached hydrogens (tertiary/aromatic N) is 1. The average Bonchev–Trinajstić information content (AvgIpc) is 2.77. The fourth-order valence-electron chi connectivity index (χ4n) is 1.56. The highest BCUT2D eigenvalue weighted by molar-refractivity contribution is 5.69. The number of carbonyl (C=O) groups is 1. The third kappa shape index (κ3) is 2.88. The third-order valence-corrected chi connectivity index (χ3v) is 2.27. The van der Waals surface area contributed by atoms with Crippen molar-refractivity contribution in [2.45, 2.75) is 13.3 Å². The van der Waals surface area contributed by atoms with Gasteiger partial charge in [0.1, 0.15) is 17.9 Å². The molecule has 0 aliphatic carbocycles. The first kappa shape index (κ1) is 12.2. The van der Waals surface area contributed by atoms with Gasteiger partial charge in [-0.2, -0.15) is 0 Å². The minimum atomic E-state index is -0.944. The molecule has 0 radical (unpaired) electrons. The van der Waals surface area contributed by atoms with Crippen molar-refractivity contribution < 1.29 is 19.1 Å². The molecule has 18 heavy (non-hydrogen) atoms. The summed E-state index contributed by atoms with van der Waals surface area (Å²) in [5.41, 5.74) is 0.762. The Balaban J connectivity index is 2.22. The van der Waals surface area contributed by atoms with Gasteiger partial charge in [-0.3, -0.25) is 4.79 Å². The Bertz CT molecular complexity index is 547. The Hall–Kier alpha value is -2.30. The quantitative estimate of drug-likeness (QED) is 0.878. The van der Waals surface area contributed by atoms with Gasteiger partial charge in [0.05, 0.1) is 12.8 Å². The van der Waals surface area contributed by atoms with Crippen LogP contribution in [0.25, 0.3) is 11.5 Å². The van der Waals surface area contributed by atoms with Crippen molar-refractivity contribution >= 4 is 5.97 Å². The lowest BCUT2D eigenvalue weighted by molar-refractivity contribution is -0.136. The molecule has 0 amide bonds. The zero-order valence-electron chi connectivity index (χ0n) is 9.92. The molecule has 1 aromatic heterocycles. The molecular formula is C13H13NO4. The summed E-state index contributed by atoms with van der Waals surface area (Å²) in [4.78, 5) is 14.6. The summed E-state index contributed by atoms with van der Waals surface area (Å²) in [6.07, 6.45) is 1.26. The van der Waals surface area contributed by atoms with Crippen LogP contribution in [-0.4, -0.2) is 22.7 Å². The Morgan fingerprint density at radius 1 is 1.50 bits per heavy atom. The van der Waals surface area contributed by atoms with E-state index in [1.807, 2.05) is 25.1 Å². The molecule has 5 heteroatoms. The van der Waals surface area contributed by atoms with Crippen molar-refractivity contribution in [3.63, 3.8) is 0 Å². The van der Waals surface area contributed by atoms with Crippen LogP contribution in [0.2, 0.25) is 0 Å². The molecular weight excluding hydrogens is 234 g/mol. The molecule has 0 aliphatic rings. The van der Waals surface area contributed by atoms with E-state index in [4.69, 9.17) is 14.3 Å². The lowest BCUT2D eigenvalue weighted by atomic mass is 10.2. The zero-order chi connectivity index (χ0) is 13.0. The number of aliphatic carboxylic acids is 1. The first-order valence-electron chi connectivity index (χ1n) is 5.58. The van der Waals surface area contributed by atoms with Gasteiger partial charge in [0, 0.05) is 5.56 Å². The maximum absolute atomic E-state index is 10.5. The summed E-state index contributed by atoms with van der Waals surface area (Å²) < 4.78 is 10.7. The molecule has 0 unspecified atom stereocenters. The summed E-state index contributed by atoms with van der Waals surface area (Å²) in [5, 5.41) is 8.65. The van der Waals surface area contributed by atoms with Crippen LogP contribution in [-0.2, 0) is 11.2 Å². The molecule has 2 aromatic rings. The van der Waals surface area contributed by atoms with Crippen LogP contribution in [0, 0.1) is 0 Å². The molecule has 2 rings (SSSR count). The van der Waals surface area contributed by atoms with E-state index in [2.05, 4.69) is 4.98 Å². The van der Waals surface area contributed by atoms with Crippen LogP contribution in [0.5, 0.6) is 5.75 Å². The van der Waals surface area contributed by atoms with E-state index >= 15 is 0 Å². The van der Waals surface area contributed by atoms with Gasteiger partial charge in [0.25, 0.3) is 0 Å². The van der Waals surface area contributed by atoms with E-state index in [9.17, 15) is 4.79 Å². The van der Waals surface area contributed by atoms with Crippen molar-refractivity contribution in [1.29, 1.82) is 0 Å². The highest BCUT2D eigenvalue weighted by Crippen LogP contribution is 2.23. The molecule has 0 bridgehead atoms. The molecule has 0 atom stereocenters. The average molecular weight is 247 g/mol. The van der Waals surface area contributed by atoms with Crippen molar-refractivity contribution in [3.8, 4) is 17.2 Å². The summed E-state index contributed by atoms with van der Waals surface area (Å²) in [7, 11) is 0. The lowest BCUT2D eigenvalue weighted by Crippen LogP contribution is -1.97. The maximum Gasteiger partial charge on any atom is 0.311 e. The second kappa shape index (κ2) is 5.35. The molecule has 1 aromatic carbocycles. The Morgan fingerprint density at radius 2 is 2.33 bits per heavy atom. The smallest absolute Gasteiger partial charge is 0.311 e. The molecule has 5 nitrogen and oxygen atoms in total. The van der Waals surface area contributed by atoms with Crippen molar-refractivity contribution in [2.24, 2.45) is 0 Å². The molecule has 1 heterocycles. The largest absolute Gasteiger partial charge is 0.494 e. The van der Waals surface area contributed by atoms with Crippen LogP contribution in [0.15, 0.2) is 34.9 Å². The van der Waals surface area contributed by atoms with Crippen LogP contribution >= 0.6 is 0 Å². The van der Waals surface area contributed by atoms with E-state index < -0.39 is 5.97 Å². The minimum Gasteiger partial charge on any atom is -0.494 e. The van der Waals surface area contributed by atoms with Gasteiger partial charge in [0.15, 0.2) is 0 Å². The van der Waals surface area contributed by atoms with Gasteiger partial charge in [0.2, 0.25) is 5.89 Å². The molecule has 0 aliphatic heterocycles. The van der Waals surface area contributed by atoms with Crippen molar-refractivity contribution in [2.75, 3.05) is 6.61 Å². The SMILES string of the molecule is CCOc1cccc(-c2ncc(CC(=O)O)o2)c1. The molecule has 94 valence electrons. The molecule has 0 fully saturated rings. The number of aromatic nitrogens is 1. The second-order valence-electron chi connectivity index (χ2n) is 3.66. The Morgan fingerprint density at radius 3 is 3.06 bits per heavy atom. The zero-order valence-corrected chi connectivity index (χ0v) is 9.92. The summed E-state index contributed by atoms with van der Waals surface area (Å²) in [6.45, 7) is 2.49. The van der Waals surface area contributed by atoms with E-state index in [1.165, 1.54) is 6.20 Å². The van der Waals surface area contributed by atoms with Gasteiger partial charge in [-0.1, -0.05) is 6.07 Å². The van der Waals surface area contributed by atoms with Crippen LogP contribution in [0.4, 0.5) is 0 Å². The van der Waals surface area contributed by atoms with E-state index in [0.29, 0.717) is 18.3 Å². The number of ether oxygens (including phenoxy) is 1.